The number of primary amides is 1. The largest absolute Gasteiger partial charge is 0.458 e. The van der Waals surface area contributed by atoms with E-state index < -0.39 is 90.5 Å². The third kappa shape index (κ3) is 15.5. The van der Waals surface area contributed by atoms with E-state index in [4.69, 9.17) is 38.9 Å². The molecule has 5 rings (SSSR count). The van der Waals surface area contributed by atoms with Crippen LogP contribution in [0, 0.1) is 5.92 Å². The van der Waals surface area contributed by atoms with Gasteiger partial charge in [0.2, 0.25) is 11.8 Å². The van der Waals surface area contributed by atoms with E-state index in [0.29, 0.717) is 5.56 Å². The summed E-state index contributed by atoms with van der Waals surface area (Å²) in [6.45, 7) is 9.47. The predicted octanol–water partition coefficient (Wildman–Crippen LogP) is 6.40. The number of carbonyl (C=O) groups is 5. The third-order valence-electron chi connectivity index (χ3n) is 10.2. The number of benzene rings is 4. The minimum absolute atomic E-state index is 0.00556. The van der Waals surface area contributed by atoms with E-state index in [1.54, 1.807) is 65.0 Å². The van der Waals surface area contributed by atoms with Crippen molar-refractivity contribution in [2.45, 2.75) is 123 Å². The lowest BCUT2D eigenvalue weighted by molar-refractivity contribution is -0.290. The van der Waals surface area contributed by atoms with Crippen LogP contribution in [0.5, 0.6) is 0 Å². The highest BCUT2D eigenvalue weighted by Crippen LogP contribution is 2.34. The molecular formula is C50H61N3O12. The standard InChI is InChI=1S/C50H61N3O12/c1-33(2)42(48(57)65-50(4,5)6)52-46(56)39(27-41(51)55)53(49(58)62-31-38-25-17-10-18-26-38)47-45(63-34(3)54)44(61-30-37-23-15-9-16-24-37)43(60-29-36-21-13-8-14-22-36)40(64-47)32-59-28-35-19-11-7-12-20-35/h7-26,33,39-40,42-45,47H,27-32H2,1-6H3,(H2,51,55)(H,52,56)/t39-,40+,42-,43+,44-,45+,47+/m0/s1. The molecule has 3 amide bonds. The molecule has 65 heavy (non-hydrogen) atoms. The summed E-state index contributed by atoms with van der Waals surface area (Å²) >= 11 is 0. The maximum atomic E-state index is 14.9. The van der Waals surface area contributed by atoms with Crippen LogP contribution in [-0.4, -0.2) is 89.7 Å². The van der Waals surface area contributed by atoms with Crippen LogP contribution in [0.2, 0.25) is 0 Å². The Labute approximate surface area is 380 Å². The number of nitrogens with one attached hydrogen (secondary N) is 1. The Balaban J connectivity index is 1.65. The predicted molar refractivity (Wildman–Crippen MR) is 239 cm³/mol. The van der Waals surface area contributed by atoms with Gasteiger partial charge in [0, 0.05) is 6.92 Å². The fraction of sp³-hybridized carbons (Fsp3) is 0.420. The van der Waals surface area contributed by atoms with Gasteiger partial charge in [0.05, 0.1) is 32.8 Å². The Morgan fingerprint density at radius 3 is 1.63 bits per heavy atom. The van der Waals surface area contributed by atoms with E-state index in [9.17, 15) is 24.0 Å². The zero-order valence-electron chi connectivity index (χ0n) is 37.8. The van der Waals surface area contributed by atoms with E-state index in [-0.39, 0.29) is 33.0 Å². The zero-order valence-corrected chi connectivity index (χ0v) is 37.8. The van der Waals surface area contributed by atoms with Gasteiger partial charge in [-0.3, -0.25) is 19.3 Å². The maximum Gasteiger partial charge on any atom is 0.413 e. The first-order valence-electron chi connectivity index (χ1n) is 21.7. The normalized spacial score (nSPS) is 19.3. The van der Waals surface area contributed by atoms with Crippen molar-refractivity contribution < 1.29 is 57.1 Å². The van der Waals surface area contributed by atoms with Gasteiger partial charge < -0.3 is 44.2 Å². The van der Waals surface area contributed by atoms with Crippen LogP contribution < -0.4 is 11.1 Å². The highest BCUT2D eigenvalue weighted by atomic mass is 16.6. The van der Waals surface area contributed by atoms with Crippen molar-refractivity contribution in [1.82, 2.24) is 10.2 Å². The molecule has 348 valence electrons. The molecule has 0 aromatic heterocycles. The number of hydrogen-bond acceptors (Lipinski definition) is 12. The average molecular weight is 896 g/mol. The molecule has 3 N–H and O–H groups in total. The van der Waals surface area contributed by atoms with Crippen molar-refractivity contribution in [2.75, 3.05) is 6.61 Å². The minimum atomic E-state index is -1.80. The van der Waals surface area contributed by atoms with Gasteiger partial charge in [0.1, 0.15) is 42.6 Å². The molecule has 15 nitrogen and oxygen atoms in total. The molecule has 0 aliphatic carbocycles. The first kappa shape index (κ1) is 49.9. The molecule has 0 radical (unpaired) electrons. The Kier molecular flexibility index (Phi) is 18.6. The molecule has 0 spiro atoms. The average Bonchev–Trinajstić information content (AvgIpc) is 3.27. The molecule has 15 heteroatoms. The Morgan fingerprint density at radius 2 is 1.17 bits per heavy atom. The quantitative estimate of drug-likeness (QED) is 0.0693. The highest BCUT2D eigenvalue weighted by Gasteiger charge is 2.55. The Bertz CT molecular complexity index is 2120. The van der Waals surface area contributed by atoms with E-state index in [1.807, 2.05) is 91.0 Å². The maximum absolute atomic E-state index is 14.9. The monoisotopic (exact) mass is 895 g/mol. The molecular weight excluding hydrogens is 835 g/mol. The molecule has 4 aromatic carbocycles. The SMILES string of the molecule is CC(=O)O[C@@H]1[C@@H](OCc2ccccc2)[C@H](OCc2ccccc2)[C@@H](COCc2ccccc2)O[C@H]1N(C(=O)OCc1ccccc1)[C@@H](CC(N)=O)C(=O)N[C@H](C(=O)OC(C)(C)C)C(C)C. The molecule has 1 aliphatic rings. The summed E-state index contributed by atoms with van der Waals surface area (Å²) in [5, 5.41) is 2.70. The summed E-state index contributed by atoms with van der Waals surface area (Å²) in [4.78, 5) is 70.3. The van der Waals surface area contributed by atoms with E-state index in [2.05, 4.69) is 5.32 Å². The van der Waals surface area contributed by atoms with Crippen LogP contribution >= 0.6 is 0 Å². The first-order chi connectivity index (χ1) is 31.1. The van der Waals surface area contributed by atoms with Crippen LogP contribution in [0.25, 0.3) is 0 Å². The number of ether oxygens (including phenoxy) is 7. The smallest absolute Gasteiger partial charge is 0.413 e. The topological polar surface area (TPSA) is 191 Å². The number of rotatable bonds is 21. The van der Waals surface area contributed by atoms with E-state index in [1.165, 1.54) is 6.92 Å². The Morgan fingerprint density at radius 1 is 0.692 bits per heavy atom. The molecule has 1 aliphatic heterocycles. The summed E-state index contributed by atoms with van der Waals surface area (Å²) in [6, 6.07) is 33.8. The molecule has 1 heterocycles. The summed E-state index contributed by atoms with van der Waals surface area (Å²) in [6.07, 6.45) is -8.45. The van der Waals surface area contributed by atoms with Crippen molar-refractivity contribution in [1.29, 1.82) is 0 Å². The highest BCUT2D eigenvalue weighted by molar-refractivity contribution is 5.93. The van der Waals surface area contributed by atoms with Gasteiger partial charge in [-0.25, -0.2) is 9.59 Å². The molecule has 1 fully saturated rings. The lowest BCUT2D eigenvalue weighted by atomic mass is 9.95. The molecule has 0 saturated carbocycles. The third-order valence-corrected chi connectivity index (χ3v) is 10.2. The van der Waals surface area contributed by atoms with Crippen LogP contribution in [0.15, 0.2) is 121 Å². The number of amides is 3. The first-order valence-corrected chi connectivity index (χ1v) is 21.7. The summed E-state index contributed by atoms with van der Waals surface area (Å²) in [5.41, 5.74) is 7.98. The number of carbonyl (C=O) groups excluding carboxylic acids is 5. The second kappa shape index (κ2) is 24.2. The second-order valence-corrected chi connectivity index (χ2v) is 17.1. The molecule has 7 atom stereocenters. The molecule has 0 unspecified atom stereocenters. The van der Waals surface area contributed by atoms with E-state index in [0.717, 1.165) is 21.6 Å². The van der Waals surface area contributed by atoms with Gasteiger partial charge in [-0.2, -0.15) is 0 Å². The lowest BCUT2D eigenvalue weighted by Gasteiger charge is -2.49. The van der Waals surface area contributed by atoms with Crippen LogP contribution in [-0.2, 0) is 78.8 Å². The number of hydrogen-bond donors (Lipinski definition) is 2. The van der Waals surface area contributed by atoms with Gasteiger partial charge in [-0.1, -0.05) is 135 Å². The lowest BCUT2D eigenvalue weighted by Crippen LogP contribution is -2.69. The van der Waals surface area contributed by atoms with Crippen molar-refractivity contribution in [3.63, 3.8) is 0 Å². The molecule has 0 bridgehead atoms. The number of esters is 2. The molecule has 1 saturated heterocycles. The second-order valence-electron chi connectivity index (χ2n) is 17.1. The fourth-order valence-electron chi connectivity index (χ4n) is 7.18. The molecule has 4 aromatic rings. The van der Waals surface area contributed by atoms with E-state index >= 15 is 0 Å². The van der Waals surface area contributed by atoms with Crippen LogP contribution in [0.3, 0.4) is 0 Å². The van der Waals surface area contributed by atoms with Crippen molar-refractivity contribution >= 4 is 29.8 Å². The van der Waals surface area contributed by atoms with Gasteiger partial charge in [0.25, 0.3) is 0 Å². The fourth-order valence-corrected chi connectivity index (χ4v) is 7.18. The van der Waals surface area contributed by atoms with Crippen molar-refractivity contribution in [3.05, 3.63) is 144 Å². The van der Waals surface area contributed by atoms with Crippen molar-refractivity contribution in [3.8, 4) is 0 Å². The Hall–Kier alpha value is -6.13. The van der Waals surface area contributed by atoms with Crippen LogP contribution in [0.1, 0.15) is 70.2 Å². The van der Waals surface area contributed by atoms with Gasteiger partial charge >= 0.3 is 18.0 Å². The summed E-state index contributed by atoms with van der Waals surface area (Å²) in [7, 11) is 0. The van der Waals surface area contributed by atoms with Crippen LogP contribution in [0.4, 0.5) is 4.79 Å². The summed E-state index contributed by atoms with van der Waals surface area (Å²) in [5.74, 6) is -3.97. The number of nitrogens with zero attached hydrogens (tertiary/aromatic N) is 1. The van der Waals surface area contributed by atoms with Gasteiger partial charge in [-0.05, 0) is 48.9 Å². The summed E-state index contributed by atoms with van der Waals surface area (Å²) < 4.78 is 44.0. The van der Waals surface area contributed by atoms with Gasteiger partial charge in [0.15, 0.2) is 12.3 Å². The van der Waals surface area contributed by atoms with Crippen molar-refractivity contribution in [2.24, 2.45) is 11.7 Å². The zero-order chi connectivity index (χ0) is 46.9. The number of nitrogens with two attached hydrogens (primary N) is 1. The minimum Gasteiger partial charge on any atom is -0.458 e. The van der Waals surface area contributed by atoms with Gasteiger partial charge in [-0.15, -0.1) is 0 Å².